The Morgan fingerprint density at radius 1 is 1.05 bits per heavy atom. The van der Waals surface area contributed by atoms with E-state index in [0.717, 1.165) is 29.9 Å². The summed E-state index contributed by atoms with van der Waals surface area (Å²) in [5, 5.41) is 1.78. The van der Waals surface area contributed by atoms with Crippen LogP contribution >= 0.6 is 0 Å². The standard InChI is InChI=1S/C18H20O2S/c1-20-17-13-11-16(12-14-17)8-4-3-7-15-21(19)18-9-5-2-6-10-18/h2,5-7,9-15H,3-4,8H2,1H3/b15-7+. The minimum atomic E-state index is -1.03. The highest BCUT2D eigenvalue weighted by atomic mass is 32.2. The van der Waals surface area contributed by atoms with Crippen molar-refractivity contribution in [2.24, 2.45) is 0 Å². The van der Waals surface area contributed by atoms with E-state index in [-0.39, 0.29) is 0 Å². The molecule has 0 aliphatic rings. The number of ether oxygens (including phenoxy) is 1. The summed E-state index contributed by atoms with van der Waals surface area (Å²) in [6.45, 7) is 0. The summed E-state index contributed by atoms with van der Waals surface area (Å²) in [7, 11) is 0.640. The molecule has 0 heterocycles. The highest BCUT2D eigenvalue weighted by Crippen LogP contribution is 2.13. The molecule has 2 aromatic rings. The van der Waals surface area contributed by atoms with E-state index in [9.17, 15) is 4.21 Å². The maximum Gasteiger partial charge on any atom is 0.118 e. The number of hydrogen-bond acceptors (Lipinski definition) is 2. The molecule has 110 valence electrons. The molecule has 1 atom stereocenters. The first kappa shape index (κ1) is 15.5. The van der Waals surface area contributed by atoms with Crippen LogP contribution in [0.15, 0.2) is 71.0 Å². The molecule has 2 rings (SSSR count). The monoisotopic (exact) mass is 300 g/mol. The van der Waals surface area contributed by atoms with Crippen molar-refractivity contribution in [3.63, 3.8) is 0 Å². The van der Waals surface area contributed by atoms with E-state index in [2.05, 4.69) is 12.1 Å². The van der Waals surface area contributed by atoms with Crippen molar-refractivity contribution < 1.29 is 8.95 Å². The molecule has 0 amide bonds. The Morgan fingerprint density at radius 3 is 2.43 bits per heavy atom. The lowest BCUT2D eigenvalue weighted by Crippen LogP contribution is -1.87. The maximum absolute atomic E-state index is 12.0. The van der Waals surface area contributed by atoms with E-state index >= 15 is 0 Å². The largest absolute Gasteiger partial charge is 0.497 e. The molecule has 0 radical (unpaired) electrons. The van der Waals surface area contributed by atoms with Gasteiger partial charge in [-0.3, -0.25) is 0 Å². The van der Waals surface area contributed by atoms with E-state index in [1.807, 2.05) is 48.5 Å². The normalized spacial score (nSPS) is 12.4. The Labute approximate surface area is 128 Å². The molecular weight excluding hydrogens is 280 g/mol. The summed E-state index contributed by atoms with van der Waals surface area (Å²) in [6.07, 6.45) is 5.01. The van der Waals surface area contributed by atoms with Crippen LogP contribution in [0.5, 0.6) is 5.75 Å². The fourth-order valence-corrected chi connectivity index (χ4v) is 2.90. The lowest BCUT2D eigenvalue weighted by atomic mass is 10.1. The highest BCUT2D eigenvalue weighted by Gasteiger charge is 1.97. The average molecular weight is 300 g/mol. The van der Waals surface area contributed by atoms with E-state index in [4.69, 9.17) is 4.74 Å². The Hall–Kier alpha value is -1.87. The van der Waals surface area contributed by atoms with Gasteiger partial charge in [0.05, 0.1) is 17.9 Å². The molecule has 2 nitrogen and oxygen atoms in total. The van der Waals surface area contributed by atoms with Gasteiger partial charge in [-0.25, -0.2) is 4.21 Å². The zero-order valence-electron chi connectivity index (χ0n) is 12.2. The number of methoxy groups -OCH3 is 1. The van der Waals surface area contributed by atoms with Crippen LogP contribution < -0.4 is 4.74 Å². The number of allylic oxidation sites excluding steroid dienone is 1. The molecule has 21 heavy (non-hydrogen) atoms. The lowest BCUT2D eigenvalue weighted by Gasteiger charge is -2.02. The highest BCUT2D eigenvalue weighted by molar-refractivity contribution is 7.88. The average Bonchev–Trinajstić information content (AvgIpc) is 2.55. The SMILES string of the molecule is COc1ccc(CCC/C=C/S(=O)c2ccccc2)cc1. The molecule has 0 saturated carbocycles. The minimum Gasteiger partial charge on any atom is -0.497 e. The first-order chi connectivity index (χ1) is 10.3. The second-order valence-electron chi connectivity index (χ2n) is 4.72. The van der Waals surface area contributed by atoms with Crippen molar-refractivity contribution in [1.29, 1.82) is 0 Å². The van der Waals surface area contributed by atoms with Crippen LogP contribution in [0.2, 0.25) is 0 Å². The molecule has 0 fully saturated rings. The number of hydrogen-bond donors (Lipinski definition) is 0. The minimum absolute atomic E-state index is 0.851. The predicted molar refractivity (Wildman–Crippen MR) is 87.9 cm³/mol. The number of unbranched alkanes of at least 4 members (excludes halogenated alkanes) is 1. The maximum atomic E-state index is 12.0. The fourth-order valence-electron chi connectivity index (χ4n) is 2.00. The summed E-state index contributed by atoms with van der Waals surface area (Å²) in [6, 6.07) is 17.7. The summed E-state index contributed by atoms with van der Waals surface area (Å²) >= 11 is 0. The zero-order chi connectivity index (χ0) is 14.9. The van der Waals surface area contributed by atoms with Crippen molar-refractivity contribution in [1.82, 2.24) is 0 Å². The smallest absolute Gasteiger partial charge is 0.118 e. The topological polar surface area (TPSA) is 26.3 Å². The molecule has 0 aromatic heterocycles. The number of rotatable bonds is 7. The third-order valence-electron chi connectivity index (χ3n) is 3.19. The van der Waals surface area contributed by atoms with Gasteiger partial charge in [0.15, 0.2) is 0 Å². The van der Waals surface area contributed by atoms with Crippen LogP contribution in [0.3, 0.4) is 0 Å². The van der Waals surface area contributed by atoms with Gasteiger partial charge in [-0.05, 0) is 49.1 Å². The van der Waals surface area contributed by atoms with Gasteiger partial charge in [-0.15, -0.1) is 0 Å². The molecule has 0 spiro atoms. The van der Waals surface area contributed by atoms with E-state index < -0.39 is 10.8 Å². The van der Waals surface area contributed by atoms with Gasteiger partial charge in [0.2, 0.25) is 0 Å². The van der Waals surface area contributed by atoms with Gasteiger partial charge < -0.3 is 4.74 Å². The number of benzene rings is 2. The van der Waals surface area contributed by atoms with Gasteiger partial charge >= 0.3 is 0 Å². The fraction of sp³-hybridized carbons (Fsp3) is 0.222. The van der Waals surface area contributed by atoms with Crippen molar-refractivity contribution >= 4 is 10.8 Å². The van der Waals surface area contributed by atoms with Gasteiger partial charge in [0, 0.05) is 10.3 Å². The molecule has 2 aromatic carbocycles. The van der Waals surface area contributed by atoms with E-state index in [1.54, 1.807) is 12.5 Å². The van der Waals surface area contributed by atoms with E-state index in [0.29, 0.717) is 0 Å². The predicted octanol–water partition coefficient (Wildman–Crippen LogP) is 4.34. The second-order valence-corrected chi connectivity index (χ2v) is 6.06. The van der Waals surface area contributed by atoms with Crippen LogP contribution in [-0.4, -0.2) is 11.3 Å². The first-order valence-corrected chi connectivity index (χ1v) is 8.26. The van der Waals surface area contributed by atoms with Crippen LogP contribution in [-0.2, 0) is 17.2 Å². The molecular formula is C18H20O2S. The molecule has 0 saturated heterocycles. The zero-order valence-corrected chi connectivity index (χ0v) is 13.0. The Balaban J connectivity index is 1.74. The Bertz CT molecular complexity index is 588. The molecule has 1 unspecified atom stereocenters. The van der Waals surface area contributed by atoms with Gasteiger partial charge in [-0.1, -0.05) is 36.4 Å². The number of aryl methyl sites for hydroxylation is 1. The van der Waals surface area contributed by atoms with Crippen molar-refractivity contribution in [2.75, 3.05) is 7.11 Å². The lowest BCUT2D eigenvalue weighted by molar-refractivity contribution is 0.414. The van der Waals surface area contributed by atoms with Crippen molar-refractivity contribution in [3.8, 4) is 5.75 Å². The van der Waals surface area contributed by atoms with Gasteiger partial charge in [-0.2, -0.15) is 0 Å². The Morgan fingerprint density at radius 2 is 1.76 bits per heavy atom. The summed E-state index contributed by atoms with van der Waals surface area (Å²) in [5.74, 6) is 0.886. The quantitative estimate of drug-likeness (QED) is 0.711. The van der Waals surface area contributed by atoms with Crippen LogP contribution in [0.25, 0.3) is 0 Å². The molecule has 3 heteroatoms. The van der Waals surface area contributed by atoms with Gasteiger partial charge in [0.1, 0.15) is 5.75 Å². The Kier molecular flexibility index (Phi) is 6.22. The van der Waals surface area contributed by atoms with Gasteiger partial charge in [0.25, 0.3) is 0 Å². The van der Waals surface area contributed by atoms with Crippen LogP contribution in [0.4, 0.5) is 0 Å². The third-order valence-corrected chi connectivity index (χ3v) is 4.37. The second kappa shape index (κ2) is 8.42. The van der Waals surface area contributed by atoms with E-state index in [1.165, 1.54) is 5.56 Å². The third kappa shape index (κ3) is 5.20. The molecule has 0 bridgehead atoms. The molecule has 0 aliphatic heterocycles. The van der Waals surface area contributed by atoms with Crippen LogP contribution in [0, 0.1) is 0 Å². The first-order valence-electron chi connectivity index (χ1n) is 7.05. The molecule has 0 N–H and O–H groups in total. The van der Waals surface area contributed by atoms with Crippen LogP contribution in [0.1, 0.15) is 18.4 Å². The summed E-state index contributed by atoms with van der Waals surface area (Å²) < 4.78 is 17.1. The summed E-state index contributed by atoms with van der Waals surface area (Å²) in [5.41, 5.74) is 1.30. The summed E-state index contributed by atoms with van der Waals surface area (Å²) in [4.78, 5) is 0.851. The molecule has 0 aliphatic carbocycles. The van der Waals surface area contributed by atoms with Crippen molar-refractivity contribution in [3.05, 3.63) is 71.6 Å². The van der Waals surface area contributed by atoms with Crippen molar-refractivity contribution in [2.45, 2.75) is 24.2 Å².